The molecule has 8 atom stereocenters. The molecule has 1 spiro atoms. The van der Waals surface area contributed by atoms with Crippen LogP contribution >= 0.6 is 0 Å². The predicted octanol–water partition coefficient (Wildman–Crippen LogP) is 0.0668. The van der Waals surface area contributed by atoms with Gasteiger partial charge < -0.3 is 25.2 Å². The second-order valence-electron chi connectivity index (χ2n) is 10.2. The molecular formula is C20H28O7. The number of aliphatic hydroxyl groups excluding tert-OH is 2. The second kappa shape index (κ2) is 4.58. The molecule has 5 rings (SSSR count). The molecular weight excluding hydrogens is 352 g/mol. The number of hydrogen-bond acceptors (Lipinski definition) is 7. The Bertz CT molecular complexity index is 767. The van der Waals surface area contributed by atoms with Crippen LogP contribution in [0.2, 0.25) is 0 Å². The number of carbonyl (C=O) groups is 2. The molecule has 150 valence electrons. The van der Waals surface area contributed by atoms with E-state index in [2.05, 4.69) is 0 Å². The highest BCUT2D eigenvalue weighted by atomic mass is 16.6. The van der Waals surface area contributed by atoms with Gasteiger partial charge in [0, 0.05) is 16.7 Å². The minimum atomic E-state index is -2.17. The molecule has 4 N–H and O–H groups in total. The molecule has 0 aromatic carbocycles. The van der Waals surface area contributed by atoms with Crippen LogP contribution in [0.4, 0.5) is 0 Å². The van der Waals surface area contributed by atoms with Gasteiger partial charge in [0.05, 0.1) is 18.1 Å². The Morgan fingerprint density at radius 1 is 1.07 bits per heavy atom. The smallest absolute Gasteiger partial charge is 0.315 e. The first-order chi connectivity index (χ1) is 12.5. The van der Waals surface area contributed by atoms with Crippen LogP contribution in [-0.2, 0) is 14.3 Å². The van der Waals surface area contributed by atoms with Crippen LogP contribution in [0.25, 0.3) is 0 Å². The average molecular weight is 380 g/mol. The molecule has 5 fully saturated rings. The van der Waals surface area contributed by atoms with Gasteiger partial charge in [-0.05, 0) is 51.9 Å². The lowest BCUT2D eigenvalue weighted by Gasteiger charge is -2.64. The fourth-order valence-electron chi connectivity index (χ4n) is 8.00. The summed E-state index contributed by atoms with van der Waals surface area (Å²) >= 11 is 0. The summed E-state index contributed by atoms with van der Waals surface area (Å²) in [5.41, 5.74) is -7.48. The monoisotopic (exact) mass is 380 g/mol. The summed E-state index contributed by atoms with van der Waals surface area (Å²) in [5, 5.41) is 42.5. The van der Waals surface area contributed by atoms with Crippen molar-refractivity contribution in [3.8, 4) is 0 Å². The second-order valence-corrected chi connectivity index (χ2v) is 10.2. The SMILES string of the molecule is C[C@@]12C(=O)O[C@@]3(CC[C@H]1O)[C@@H]2CC[C@@]12C[C@@](O)(CC[C@@]13C)[C@@](O)(CO)C2=O. The Morgan fingerprint density at radius 2 is 1.78 bits per heavy atom. The van der Waals surface area contributed by atoms with Crippen molar-refractivity contribution in [2.24, 2.45) is 22.2 Å². The molecule has 1 aliphatic heterocycles. The number of carbonyl (C=O) groups excluding carboxylic acids is 2. The Balaban J connectivity index is 1.71. The molecule has 0 amide bonds. The van der Waals surface area contributed by atoms with Crippen LogP contribution in [0.3, 0.4) is 0 Å². The minimum absolute atomic E-state index is 0.0810. The van der Waals surface area contributed by atoms with E-state index in [-0.39, 0.29) is 18.8 Å². The summed E-state index contributed by atoms with van der Waals surface area (Å²) < 4.78 is 6.07. The molecule has 0 radical (unpaired) electrons. The number of rotatable bonds is 1. The van der Waals surface area contributed by atoms with E-state index in [4.69, 9.17) is 4.74 Å². The van der Waals surface area contributed by atoms with Gasteiger partial charge in [0.2, 0.25) is 0 Å². The molecule has 4 saturated carbocycles. The van der Waals surface area contributed by atoms with E-state index >= 15 is 0 Å². The highest BCUT2D eigenvalue weighted by molar-refractivity contribution is 5.98. The van der Waals surface area contributed by atoms with Crippen molar-refractivity contribution in [2.45, 2.75) is 81.7 Å². The summed E-state index contributed by atoms with van der Waals surface area (Å²) in [5.74, 6) is -1.11. The Morgan fingerprint density at radius 3 is 2.44 bits per heavy atom. The van der Waals surface area contributed by atoms with Crippen molar-refractivity contribution in [1.29, 1.82) is 0 Å². The number of aliphatic hydroxyl groups is 4. The summed E-state index contributed by atoms with van der Waals surface area (Å²) in [7, 11) is 0. The first-order valence-electron chi connectivity index (χ1n) is 10.00. The average Bonchev–Trinajstić information content (AvgIpc) is 2.90. The molecule has 0 aromatic heterocycles. The van der Waals surface area contributed by atoms with Crippen LogP contribution in [0.15, 0.2) is 0 Å². The third-order valence-electron chi connectivity index (χ3n) is 9.77. The Hall–Kier alpha value is -1.02. The molecule has 1 saturated heterocycles. The van der Waals surface area contributed by atoms with E-state index in [1.54, 1.807) is 6.92 Å². The fraction of sp³-hybridized carbons (Fsp3) is 0.900. The summed E-state index contributed by atoms with van der Waals surface area (Å²) in [6, 6.07) is 0. The van der Waals surface area contributed by atoms with Crippen molar-refractivity contribution in [3.63, 3.8) is 0 Å². The van der Waals surface area contributed by atoms with Crippen molar-refractivity contribution < 1.29 is 34.8 Å². The van der Waals surface area contributed by atoms with E-state index in [0.717, 1.165) is 0 Å². The zero-order valence-corrected chi connectivity index (χ0v) is 15.8. The molecule has 0 unspecified atom stereocenters. The van der Waals surface area contributed by atoms with Crippen LogP contribution in [-0.4, -0.2) is 61.7 Å². The molecule has 5 aliphatic rings. The lowest BCUT2D eigenvalue weighted by atomic mass is 9.39. The predicted molar refractivity (Wildman–Crippen MR) is 91.3 cm³/mol. The number of Topliss-reactive ketones (excluding diaryl/α,β-unsaturated/α-hetero) is 1. The molecule has 7 heteroatoms. The summed E-state index contributed by atoms with van der Waals surface area (Å²) in [4.78, 5) is 26.4. The van der Waals surface area contributed by atoms with Gasteiger partial charge in [-0.2, -0.15) is 0 Å². The lowest BCUT2D eigenvalue weighted by Crippen LogP contribution is -2.68. The standard InChI is InChI=1S/C20H28O7/c1-15-7-8-18(25)9-17(15,13(23)19(18,26)10-21)5-3-11-16(2)12(22)4-6-20(11,15)27-14(16)24/h11-12,21-22,25-26H,3-10H2,1-2H3/t11-,12-,15+,16+,17+,18+,19-,20+/m1/s1. The van der Waals surface area contributed by atoms with Crippen LogP contribution in [0.5, 0.6) is 0 Å². The highest BCUT2D eigenvalue weighted by Gasteiger charge is 2.85. The lowest BCUT2D eigenvalue weighted by molar-refractivity contribution is -0.239. The zero-order valence-electron chi connectivity index (χ0n) is 15.8. The van der Waals surface area contributed by atoms with Gasteiger partial charge in [0.1, 0.15) is 11.2 Å². The maximum Gasteiger partial charge on any atom is 0.315 e. The number of ether oxygens (including phenoxy) is 1. The maximum atomic E-state index is 13.5. The Labute approximate surface area is 157 Å². The zero-order chi connectivity index (χ0) is 19.7. The van der Waals surface area contributed by atoms with Crippen LogP contribution in [0, 0.1) is 22.2 Å². The normalized spacial score (nSPS) is 61.4. The van der Waals surface area contributed by atoms with Gasteiger partial charge in [0.15, 0.2) is 11.4 Å². The van der Waals surface area contributed by atoms with E-state index in [1.807, 2.05) is 6.92 Å². The molecule has 4 aliphatic carbocycles. The number of fused-ring (bicyclic) bond motifs is 1. The first kappa shape index (κ1) is 18.0. The van der Waals surface area contributed by atoms with Gasteiger partial charge in [-0.15, -0.1) is 0 Å². The molecule has 0 aromatic rings. The van der Waals surface area contributed by atoms with E-state index in [0.29, 0.717) is 32.1 Å². The van der Waals surface area contributed by atoms with Crippen LogP contribution < -0.4 is 0 Å². The van der Waals surface area contributed by atoms with Gasteiger partial charge in [-0.25, -0.2) is 0 Å². The summed E-state index contributed by atoms with van der Waals surface area (Å²) in [6.45, 7) is 2.91. The highest BCUT2D eigenvalue weighted by Crippen LogP contribution is 2.77. The number of hydrogen-bond donors (Lipinski definition) is 4. The maximum absolute atomic E-state index is 13.5. The number of esters is 1. The van der Waals surface area contributed by atoms with E-state index in [1.165, 1.54) is 0 Å². The van der Waals surface area contributed by atoms with Crippen LogP contribution in [0.1, 0.15) is 58.8 Å². The van der Waals surface area contributed by atoms with Crippen molar-refractivity contribution >= 4 is 11.8 Å². The topological polar surface area (TPSA) is 124 Å². The third kappa shape index (κ3) is 1.46. The minimum Gasteiger partial charge on any atom is -0.458 e. The molecule has 27 heavy (non-hydrogen) atoms. The molecule has 7 nitrogen and oxygen atoms in total. The van der Waals surface area contributed by atoms with Crippen molar-refractivity contribution in [2.75, 3.05) is 6.61 Å². The largest absolute Gasteiger partial charge is 0.458 e. The van der Waals surface area contributed by atoms with Gasteiger partial charge >= 0.3 is 5.97 Å². The molecule has 1 heterocycles. The van der Waals surface area contributed by atoms with Gasteiger partial charge in [0.25, 0.3) is 0 Å². The fourth-order valence-corrected chi connectivity index (χ4v) is 8.00. The number of ketones is 1. The van der Waals surface area contributed by atoms with Crippen molar-refractivity contribution in [1.82, 2.24) is 0 Å². The van der Waals surface area contributed by atoms with Gasteiger partial charge in [-0.3, -0.25) is 9.59 Å². The summed E-state index contributed by atoms with van der Waals surface area (Å²) in [6.07, 6.45) is 1.73. The molecule has 4 bridgehead atoms. The van der Waals surface area contributed by atoms with Gasteiger partial charge in [-0.1, -0.05) is 6.92 Å². The Kier molecular flexibility index (Phi) is 3.06. The first-order valence-corrected chi connectivity index (χ1v) is 10.00. The van der Waals surface area contributed by atoms with Crippen molar-refractivity contribution in [3.05, 3.63) is 0 Å². The quantitative estimate of drug-likeness (QED) is 0.474. The van der Waals surface area contributed by atoms with E-state index in [9.17, 15) is 30.0 Å². The van der Waals surface area contributed by atoms with E-state index < -0.39 is 57.5 Å². The third-order valence-corrected chi connectivity index (χ3v) is 9.77.